The summed E-state index contributed by atoms with van der Waals surface area (Å²) in [6.45, 7) is 2.11. The van der Waals surface area contributed by atoms with Gasteiger partial charge in [-0.3, -0.25) is 0 Å². The standard InChI is InChI=1S/C13H11Br/c1-10-5-4-6-11(9-10)12-7-2-3-8-13(12)14/h2-9H,1H3. The van der Waals surface area contributed by atoms with Crippen LogP contribution in [0, 0.1) is 6.92 Å². The molecule has 2 aromatic rings. The minimum atomic E-state index is 1.14. The summed E-state index contributed by atoms with van der Waals surface area (Å²) in [7, 11) is 0. The molecule has 0 aromatic heterocycles. The van der Waals surface area contributed by atoms with E-state index in [4.69, 9.17) is 0 Å². The number of hydrogen-bond donors (Lipinski definition) is 0. The zero-order valence-corrected chi connectivity index (χ0v) is 9.58. The number of hydrogen-bond acceptors (Lipinski definition) is 0. The van der Waals surface area contributed by atoms with Crippen molar-refractivity contribution in [3.8, 4) is 11.1 Å². The third-order valence-corrected chi connectivity index (χ3v) is 2.89. The summed E-state index contributed by atoms with van der Waals surface area (Å²) >= 11 is 3.56. The molecule has 1 heteroatoms. The maximum atomic E-state index is 3.56. The fraction of sp³-hybridized carbons (Fsp3) is 0.0769. The summed E-state index contributed by atoms with van der Waals surface area (Å²) in [5.41, 5.74) is 3.80. The first-order valence-corrected chi connectivity index (χ1v) is 5.38. The van der Waals surface area contributed by atoms with E-state index < -0.39 is 0 Å². The van der Waals surface area contributed by atoms with Crippen LogP contribution in [0.4, 0.5) is 0 Å². The van der Waals surface area contributed by atoms with E-state index in [2.05, 4.69) is 65.3 Å². The van der Waals surface area contributed by atoms with Gasteiger partial charge < -0.3 is 0 Å². The molecule has 0 amide bonds. The maximum Gasteiger partial charge on any atom is 0.0253 e. The largest absolute Gasteiger partial charge is 0.0616 e. The Bertz CT molecular complexity index is 446. The Hall–Kier alpha value is -1.08. The third kappa shape index (κ3) is 1.88. The predicted octanol–water partition coefficient (Wildman–Crippen LogP) is 4.42. The lowest BCUT2D eigenvalue weighted by Gasteiger charge is -2.04. The van der Waals surface area contributed by atoms with Gasteiger partial charge in [0.15, 0.2) is 0 Å². The second-order valence-corrected chi connectivity index (χ2v) is 4.20. The van der Waals surface area contributed by atoms with Crippen LogP contribution in [-0.2, 0) is 0 Å². The SMILES string of the molecule is Cc1cccc(-c2ccccc2Br)c1. The third-order valence-electron chi connectivity index (χ3n) is 2.20. The van der Waals surface area contributed by atoms with Gasteiger partial charge in [0, 0.05) is 4.47 Å². The van der Waals surface area contributed by atoms with Gasteiger partial charge in [0.1, 0.15) is 0 Å². The van der Waals surface area contributed by atoms with E-state index in [9.17, 15) is 0 Å². The molecule has 0 unspecified atom stereocenters. The Labute approximate surface area is 92.7 Å². The van der Waals surface area contributed by atoms with E-state index in [1.807, 2.05) is 6.07 Å². The molecule has 0 saturated heterocycles. The van der Waals surface area contributed by atoms with Gasteiger partial charge in [-0.25, -0.2) is 0 Å². The van der Waals surface area contributed by atoms with Crippen LogP contribution in [0.25, 0.3) is 11.1 Å². The molecule has 0 radical (unpaired) electrons. The highest BCUT2D eigenvalue weighted by molar-refractivity contribution is 9.10. The van der Waals surface area contributed by atoms with Gasteiger partial charge in [-0.1, -0.05) is 64.0 Å². The molecule has 2 rings (SSSR count). The highest BCUT2D eigenvalue weighted by Gasteiger charge is 2.00. The van der Waals surface area contributed by atoms with Gasteiger partial charge in [-0.15, -0.1) is 0 Å². The number of halogens is 1. The molecule has 2 aromatic carbocycles. The molecular formula is C13H11Br. The van der Waals surface area contributed by atoms with Gasteiger partial charge in [-0.05, 0) is 24.1 Å². The van der Waals surface area contributed by atoms with Crippen molar-refractivity contribution in [1.82, 2.24) is 0 Å². The van der Waals surface area contributed by atoms with Crippen LogP contribution < -0.4 is 0 Å². The Balaban J connectivity index is 2.55. The molecule has 0 atom stereocenters. The van der Waals surface area contributed by atoms with Crippen molar-refractivity contribution in [3.05, 3.63) is 58.6 Å². The molecule has 0 spiro atoms. The topological polar surface area (TPSA) is 0 Å². The lowest BCUT2D eigenvalue weighted by Crippen LogP contribution is -1.80. The lowest BCUT2D eigenvalue weighted by atomic mass is 10.0. The Morgan fingerprint density at radius 3 is 2.43 bits per heavy atom. The average molecular weight is 247 g/mol. The fourth-order valence-electron chi connectivity index (χ4n) is 1.51. The van der Waals surface area contributed by atoms with Gasteiger partial charge in [0.25, 0.3) is 0 Å². The molecule has 0 aliphatic rings. The van der Waals surface area contributed by atoms with Crippen molar-refractivity contribution in [2.45, 2.75) is 6.92 Å². The van der Waals surface area contributed by atoms with Crippen LogP contribution in [0.2, 0.25) is 0 Å². The van der Waals surface area contributed by atoms with Gasteiger partial charge in [0.2, 0.25) is 0 Å². The zero-order valence-electron chi connectivity index (χ0n) is 8.00. The highest BCUT2D eigenvalue weighted by atomic mass is 79.9. The lowest BCUT2D eigenvalue weighted by molar-refractivity contribution is 1.46. The van der Waals surface area contributed by atoms with E-state index in [1.54, 1.807) is 0 Å². The average Bonchev–Trinajstić information content (AvgIpc) is 2.18. The molecule has 70 valence electrons. The minimum absolute atomic E-state index is 1.14. The molecule has 0 fully saturated rings. The summed E-state index contributed by atoms with van der Waals surface area (Å²) < 4.78 is 1.14. The molecule has 0 saturated carbocycles. The van der Waals surface area contributed by atoms with Gasteiger partial charge in [-0.2, -0.15) is 0 Å². The van der Waals surface area contributed by atoms with E-state index in [1.165, 1.54) is 16.7 Å². The number of rotatable bonds is 1. The molecule has 0 nitrogen and oxygen atoms in total. The first kappa shape index (κ1) is 9.47. The molecule has 0 aliphatic carbocycles. The second kappa shape index (κ2) is 3.97. The maximum absolute atomic E-state index is 3.56. The first-order chi connectivity index (χ1) is 6.77. The fourth-order valence-corrected chi connectivity index (χ4v) is 2.02. The van der Waals surface area contributed by atoms with Gasteiger partial charge in [0.05, 0.1) is 0 Å². The highest BCUT2D eigenvalue weighted by Crippen LogP contribution is 2.27. The Kier molecular flexibility index (Phi) is 2.69. The van der Waals surface area contributed by atoms with Crippen LogP contribution in [-0.4, -0.2) is 0 Å². The van der Waals surface area contributed by atoms with Crippen LogP contribution in [0.5, 0.6) is 0 Å². The smallest absolute Gasteiger partial charge is 0.0253 e. The van der Waals surface area contributed by atoms with Crippen molar-refractivity contribution in [3.63, 3.8) is 0 Å². The monoisotopic (exact) mass is 246 g/mol. The van der Waals surface area contributed by atoms with Crippen LogP contribution in [0.3, 0.4) is 0 Å². The van der Waals surface area contributed by atoms with E-state index >= 15 is 0 Å². The normalized spacial score (nSPS) is 10.1. The molecular weight excluding hydrogens is 236 g/mol. The van der Waals surface area contributed by atoms with Crippen molar-refractivity contribution in [2.24, 2.45) is 0 Å². The summed E-state index contributed by atoms with van der Waals surface area (Å²) in [6, 6.07) is 16.8. The second-order valence-electron chi connectivity index (χ2n) is 3.35. The minimum Gasteiger partial charge on any atom is -0.0616 e. The molecule has 0 heterocycles. The van der Waals surface area contributed by atoms with Crippen molar-refractivity contribution >= 4 is 15.9 Å². The van der Waals surface area contributed by atoms with Crippen molar-refractivity contribution < 1.29 is 0 Å². The van der Waals surface area contributed by atoms with Crippen molar-refractivity contribution in [2.75, 3.05) is 0 Å². The summed E-state index contributed by atoms with van der Waals surface area (Å²) in [6.07, 6.45) is 0. The summed E-state index contributed by atoms with van der Waals surface area (Å²) in [5, 5.41) is 0. The van der Waals surface area contributed by atoms with Crippen molar-refractivity contribution in [1.29, 1.82) is 0 Å². The quantitative estimate of drug-likeness (QED) is 0.699. The zero-order chi connectivity index (χ0) is 9.97. The van der Waals surface area contributed by atoms with Gasteiger partial charge >= 0.3 is 0 Å². The Morgan fingerprint density at radius 1 is 0.929 bits per heavy atom. The van der Waals surface area contributed by atoms with E-state index in [-0.39, 0.29) is 0 Å². The molecule has 0 bridgehead atoms. The van der Waals surface area contributed by atoms with E-state index in [0.29, 0.717) is 0 Å². The number of aryl methyl sites for hydroxylation is 1. The Morgan fingerprint density at radius 2 is 1.71 bits per heavy atom. The molecule has 14 heavy (non-hydrogen) atoms. The van der Waals surface area contributed by atoms with Crippen LogP contribution in [0.1, 0.15) is 5.56 Å². The van der Waals surface area contributed by atoms with E-state index in [0.717, 1.165) is 4.47 Å². The predicted molar refractivity (Wildman–Crippen MR) is 64.3 cm³/mol. The first-order valence-electron chi connectivity index (χ1n) is 4.59. The molecule has 0 aliphatic heterocycles. The van der Waals surface area contributed by atoms with Crippen LogP contribution >= 0.6 is 15.9 Å². The summed E-state index contributed by atoms with van der Waals surface area (Å²) in [4.78, 5) is 0. The number of benzene rings is 2. The van der Waals surface area contributed by atoms with Crippen LogP contribution in [0.15, 0.2) is 53.0 Å². The molecule has 0 N–H and O–H groups in total. The summed E-state index contributed by atoms with van der Waals surface area (Å²) in [5.74, 6) is 0.